The molecule has 0 aliphatic carbocycles. The molecule has 0 atom stereocenters. The van der Waals surface area contributed by atoms with E-state index in [9.17, 15) is 9.18 Å². The van der Waals surface area contributed by atoms with Crippen molar-refractivity contribution >= 4 is 39.2 Å². The minimum absolute atomic E-state index is 0.125. The first kappa shape index (κ1) is 14.7. The van der Waals surface area contributed by atoms with Crippen molar-refractivity contribution in [2.45, 2.75) is 0 Å². The highest BCUT2D eigenvalue weighted by Gasteiger charge is 2.23. The van der Waals surface area contributed by atoms with Gasteiger partial charge in [-0.05, 0) is 34.9 Å². The Morgan fingerprint density at radius 1 is 1.10 bits per heavy atom. The number of nitrogens with zero attached hydrogens (tertiary/aromatic N) is 2. The Balaban J connectivity index is 2.29. The lowest BCUT2D eigenvalue weighted by molar-refractivity contribution is 0.256. The Hall–Kier alpha value is -1.72. The lowest BCUT2D eigenvalue weighted by Crippen LogP contribution is -2.37. The summed E-state index contributed by atoms with van der Waals surface area (Å²) in [5.74, 6) is -0.504. The average molecular weight is 311 g/mol. The van der Waals surface area contributed by atoms with Gasteiger partial charge in [0.05, 0.1) is 16.8 Å². The van der Waals surface area contributed by atoms with Gasteiger partial charge >= 0.3 is 6.03 Å². The molecule has 2 rings (SSSR count). The van der Waals surface area contributed by atoms with Gasteiger partial charge in [-0.25, -0.2) is 13.5 Å². The number of rotatable bonds is 3. The lowest BCUT2D eigenvalue weighted by atomic mass is 10.3. The van der Waals surface area contributed by atoms with Crippen LogP contribution in [0.3, 0.4) is 0 Å². The number of benzene rings is 2. The van der Waals surface area contributed by atoms with E-state index >= 15 is 0 Å². The summed E-state index contributed by atoms with van der Waals surface area (Å²) in [6.45, 7) is 0. The van der Waals surface area contributed by atoms with E-state index in [4.69, 9.17) is 10.7 Å². The van der Waals surface area contributed by atoms with Crippen molar-refractivity contribution in [3.63, 3.8) is 0 Å². The smallest absolute Gasteiger partial charge is 0.296 e. The van der Waals surface area contributed by atoms with Crippen LogP contribution >= 0.6 is 21.8 Å². The van der Waals surface area contributed by atoms with Gasteiger partial charge in [0, 0.05) is 12.7 Å². The van der Waals surface area contributed by atoms with Crippen molar-refractivity contribution in [2.24, 2.45) is 0 Å². The topological polar surface area (TPSA) is 23.6 Å². The minimum atomic E-state index is -0.504. The van der Waals surface area contributed by atoms with Gasteiger partial charge in [-0.3, -0.25) is 4.90 Å². The van der Waals surface area contributed by atoms with Crippen molar-refractivity contribution < 1.29 is 9.18 Å². The number of urea groups is 1. The average Bonchev–Trinajstić information content (AvgIpc) is 2.50. The van der Waals surface area contributed by atoms with Gasteiger partial charge in [0.15, 0.2) is 0 Å². The zero-order chi connectivity index (χ0) is 14.5. The van der Waals surface area contributed by atoms with Crippen molar-refractivity contribution in [3.8, 4) is 0 Å². The van der Waals surface area contributed by atoms with E-state index in [-0.39, 0.29) is 5.69 Å². The zero-order valence-corrected chi connectivity index (χ0v) is 12.2. The maximum atomic E-state index is 13.8. The summed E-state index contributed by atoms with van der Waals surface area (Å²) in [5.41, 5.74) is 0.824. The molecule has 0 unspecified atom stereocenters. The van der Waals surface area contributed by atoms with Gasteiger partial charge in [-0.1, -0.05) is 30.3 Å². The molecule has 0 heterocycles. The third kappa shape index (κ3) is 3.05. The second-order valence-corrected chi connectivity index (χ2v) is 4.91. The molecule has 0 saturated heterocycles. The number of anilines is 2. The first-order chi connectivity index (χ1) is 9.65. The molecule has 2 aromatic carbocycles. The molecule has 0 aromatic heterocycles. The van der Waals surface area contributed by atoms with Crippen LogP contribution in [0.25, 0.3) is 0 Å². The second kappa shape index (κ2) is 6.63. The number of carbonyl (C=O) groups is 1. The van der Waals surface area contributed by atoms with Crippen LogP contribution < -0.4 is 9.21 Å². The maximum absolute atomic E-state index is 13.8. The fourth-order valence-electron chi connectivity index (χ4n) is 1.68. The predicted molar refractivity (Wildman–Crippen MR) is 82.6 cm³/mol. The molecule has 0 N–H and O–H groups in total. The van der Waals surface area contributed by atoms with Gasteiger partial charge < -0.3 is 0 Å². The molecule has 3 nitrogen and oxygen atoms in total. The molecular weight excluding hydrogens is 299 g/mol. The van der Waals surface area contributed by atoms with E-state index in [0.717, 1.165) is 4.31 Å². The van der Waals surface area contributed by atoms with Crippen LogP contribution in [0.1, 0.15) is 0 Å². The van der Waals surface area contributed by atoms with Crippen molar-refractivity contribution in [2.75, 3.05) is 16.3 Å². The van der Waals surface area contributed by atoms with Gasteiger partial charge in [0.1, 0.15) is 5.82 Å². The number of hydrogen-bond acceptors (Lipinski definition) is 2. The highest BCUT2D eigenvalue weighted by Crippen LogP contribution is 2.30. The Kier molecular flexibility index (Phi) is 4.87. The van der Waals surface area contributed by atoms with Gasteiger partial charge in [0.25, 0.3) is 0 Å². The number of hydrogen-bond donors (Lipinski definition) is 0. The standard InChI is InChI=1S/C14H12ClFN2OS/c1-17(11-7-3-2-4-8-11)14(19)18(20-15)13-10-6-5-9-12(13)16/h2-10H,1H3. The summed E-state index contributed by atoms with van der Waals surface area (Å²) in [5, 5.41) is 0. The van der Waals surface area contributed by atoms with E-state index in [1.165, 1.54) is 17.0 Å². The quantitative estimate of drug-likeness (QED) is 0.768. The fraction of sp³-hybridized carbons (Fsp3) is 0.0714. The molecule has 6 heteroatoms. The maximum Gasteiger partial charge on any atom is 0.339 e. The second-order valence-electron chi connectivity index (χ2n) is 3.99. The molecule has 0 saturated carbocycles. The van der Waals surface area contributed by atoms with Crippen LogP contribution in [0.15, 0.2) is 54.6 Å². The minimum Gasteiger partial charge on any atom is -0.296 e. The van der Waals surface area contributed by atoms with E-state index in [1.807, 2.05) is 18.2 Å². The highest BCUT2D eigenvalue weighted by molar-refractivity contribution is 8.22. The Morgan fingerprint density at radius 3 is 2.30 bits per heavy atom. The summed E-state index contributed by atoms with van der Waals surface area (Å²) < 4.78 is 14.9. The van der Waals surface area contributed by atoms with Gasteiger partial charge in [-0.15, -0.1) is 0 Å². The van der Waals surface area contributed by atoms with Gasteiger partial charge in [-0.2, -0.15) is 0 Å². The zero-order valence-electron chi connectivity index (χ0n) is 10.7. The molecule has 0 radical (unpaired) electrons. The third-order valence-corrected chi connectivity index (χ3v) is 3.65. The number of halogens is 2. The van der Waals surface area contributed by atoms with Crippen LogP contribution in [-0.2, 0) is 0 Å². The van der Waals surface area contributed by atoms with Crippen LogP contribution in [0.4, 0.5) is 20.6 Å². The van der Waals surface area contributed by atoms with Crippen LogP contribution in [0.5, 0.6) is 0 Å². The van der Waals surface area contributed by atoms with Gasteiger partial charge in [0.2, 0.25) is 0 Å². The fourth-order valence-corrected chi connectivity index (χ4v) is 2.49. The Labute approximate surface area is 125 Å². The molecule has 0 fully saturated rings. The number of para-hydroxylation sites is 2. The first-order valence-electron chi connectivity index (χ1n) is 5.81. The van der Waals surface area contributed by atoms with Crippen LogP contribution in [0.2, 0.25) is 0 Å². The molecule has 0 aliphatic heterocycles. The molecule has 0 spiro atoms. The normalized spacial score (nSPS) is 10.2. The van der Waals surface area contributed by atoms with Crippen LogP contribution in [0, 0.1) is 5.82 Å². The number of carbonyl (C=O) groups excluding carboxylic acids is 1. The molecule has 104 valence electrons. The lowest BCUT2D eigenvalue weighted by Gasteiger charge is -2.25. The summed E-state index contributed by atoms with van der Waals surface area (Å²) in [6, 6.07) is 14.6. The van der Waals surface area contributed by atoms with E-state index in [1.54, 1.807) is 31.3 Å². The summed E-state index contributed by atoms with van der Waals surface area (Å²) in [7, 11) is 7.34. The Morgan fingerprint density at radius 2 is 1.70 bits per heavy atom. The largest absolute Gasteiger partial charge is 0.339 e. The molecule has 2 amide bonds. The van der Waals surface area contributed by atoms with Crippen LogP contribution in [-0.4, -0.2) is 13.1 Å². The molecule has 0 bridgehead atoms. The predicted octanol–water partition coefficient (Wildman–Crippen LogP) is 4.69. The molecular formula is C14H12ClFN2OS. The van der Waals surface area contributed by atoms with E-state index in [2.05, 4.69) is 0 Å². The SMILES string of the molecule is CN(C(=O)N(SCl)c1ccccc1F)c1ccccc1. The summed E-state index contributed by atoms with van der Waals surface area (Å²) >= 11 is 0.643. The molecule has 20 heavy (non-hydrogen) atoms. The third-order valence-electron chi connectivity index (χ3n) is 2.74. The molecule has 0 aliphatic rings. The molecule has 2 aromatic rings. The highest BCUT2D eigenvalue weighted by atomic mass is 35.7. The monoisotopic (exact) mass is 310 g/mol. The first-order valence-corrected chi connectivity index (χ1v) is 7.41. The van der Waals surface area contributed by atoms with E-state index < -0.39 is 11.8 Å². The summed E-state index contributed by atoms with van der Waals surface area (Å²) in [6.07, 6.45) is 0. The van der Waals surface area contributed by atoms with Crippen molar-refractivity contribution in [1.29, 1.82) is 0 Å². The Bertz CT molecular complexity index is 597. The summed E-state index contributed by atoms with van der Waals surface area (Å²) in [4.78, 5) is 13.8. The van der Waals surface area contributed by atoms with Crippen molar-refractivity contribution in [1.82, 2.24) is 0 Å². The van der Waals surface area contributed by atoms with E-state index in [0.29, 0.717) is 16.8 Å². The van der Waals surface area contributed by atoms with Crippen molar-refractivity contribution in [3.05, 3.63) is 60.4 Å². The number of amides is 2.